The van der Waals surface area contributed by atoms with Crippen molar-refractivity contribution in [2.75, 3.05) is 6.54 Å². The second-order valence-corrected chi connectivity index (χ2v) is 5.36. The summed E-state index contributed by atoms with van der Waals surface area (Å²) in [6.45, 7) is 2.90. The maximum Gasteiger partial charge on any atom is 0.419 e. The second kappa shape index (κ2) is 6.12. The standard InChI is InChI=1S/C15H19F4N/c1-2-20-12-5-3-4-10(8-12)11-6-7-13(14(16)9-11)15(17,18)19/h6-7,9-10,12,20H,2-5,8H2,1H3. The number of halogens is 4. The number of hydrogen-bond donors (Lipinski definition) is 1. The summed E-state index contributed by atoms with van der Waals surface area (Å²) in [6.07, 6.45) is -0.759. The molecule has 2 atom stereocenters. The maximum absolute atomic E-state index is 13.6. The van der Waals surface area contributed by atoms with Crippen molar-refractivity contribution < 1.29 is 17.6 Å². The van der Waals surface area contributed by atoms with Gasteiger partial charge in [0.15, 0.2) is 0 Å². The quantitative estimate of drug-likeness (QED) is 0.809. The highest BCUT2D eigenvalue weighted by molar-refractivity contribution is 5.29. The first-order valence-corrected chi connectivity index (χ1v) is 7.01. The first kappa shape index (κ1) is 15.3. The molecule has 0 saturated heterocycles. The van der Waals surface area contributed by atoms with Crippen LogP contribution in [0.5, 0.6) is 0 Å². The lowest BCUT2D eigenvalue weighted by Gasteiger charge is -2.30. The van der Waals surface area contributed by atoms with Crippen LogP contribution in [-0.2, 0) is 6.18 Å². The van der Waals surface area contributed by atoms with Crippen LogP contribution < -0.4 is 5.32 Å². The first-order valence-electron chi connectivity index (χ1n) is 7.01. The van der Waals surface area contributed by atoms with E-state index < -0.39 is 17.6 Å². The zero-order valence-corrected chi connectivity index (χ0v) is 11.4. The average molecular weight is 289 g/mol. The number of alkyl halides is 3. The lowest BCUT2D eigenvalue weighted by Crippen LogP contribution is -2.33. The third kappa shape index (κ3) is 3.51. The lowest BCUT2D eigenvalue weighted by atomic mass is 9.81. The predicted molar refractivity (Wildman–Crippen MR) is 70.1 cm³/mol. The Hall–Kier alpha value is -1.10. The molecule has 1 aromatic carbocycles. The summed E-state index contributed by atoms with van der Waals surface area (Å²) < 4.78 is 51.2. The normalized spacial score (nSPS) is 23.9. The average Bonchev–Trinajstić information content (AvgIpc) is 2.38. The molecular weight excluding hydrogens is 270 g/mol. The Balaban J connectivity index is 2.15. The molecule has 20 heavy (non-hydrogen) atoms. The number of benzene rings is 1. The fourth-order valence-corrected chi connectivity index (χ4v) is 2.98. The highest BCUT2D eigenvalue weighted by Gasteiger charge is 2.34. The van der Waals surface area contributed by atoms with Crippen molar-refractivity contribution in [2.45, 2.75) is 50.7 Å². The van der Waals surface area contributed by atoms with E-state index in [1.807, 2.05) is 6.92 Å². The summed E-state index contributed by atoms with van der Waals surface area (Å²) in [5, 5.41) is 3.36. The summed E-state index contributed by atoms with van der Waals surface area (Å²) in [7, 11) is 0. The zero-order chi connectivity index (χ0) is 14.8. The Kier molecular flexibility index (Phi) is 4.68. The fourth-order valence-electron chi connectivity index (χ4n) is 2.98. The minimum Gasteiger partial charge on any atom is -0.314 e. The maximum atomic E-state index is 13.6. The van der Waals surface area contributed by atoms with Crippen molar-refractivity contribution in [3.63, 3.8) is 0 Å². The van der Waals surface area contributed by atoms with Crippen LogP contribution in [0.2, 0.25) is 0 Å². The van der Waals surface area contributed by atoms with Gasteiger partial charge in [-0.2, -0.15) is 13.2 Å². The van der Waals surface area contributed by atoms with Crippen LogP contribution in [0.3, 0.4) is 0 Å². The fraction of sp³-hybridized carbons (Fsp3) is 0.600. The lowest BCUT2D eigenvalue weighted by molar-refractivity contribution is -0.140. The Morgan fingerprint density at radius 1 is 1.25 bits per heavy atom. The largest absolute Gasteiger partial charge is 0.419 e. The van der Waals surface area contributed by atoms with E-state index in [9.17, 15) is 17.6 Å². The number of hydrogen-bond acceptors (Lipinski definition) is 1. The van der Waals surface area contributed by atoms with E-state index >= 15 is 0 Å². The van der Waals surface area contributed by atoms with Crippen molar-refractivity contribution in [3.8, 4) is 0 Å². The van der Waals surface area contributed by atoms with Crippen LogP contribution in [0.25, 0.3) is 0 Å². The molecule has 1 aliphatic rings. The van der Waals surface area contributed by atoms with E-state index in [1.165, 1.54) is 6.07 Å². The Morgan fingerprint density at radius 3 is 2.60 bits per heavy atom. The molecule has 0 aromatic heterocycles. The van der Waals surface area contributed by atoms with Crippen LogP contribution >= 0.6 is 0 Å². The summed E-state index contributed by atoms with van der Waals surface area (Å²) in [5.41, 5.74) is -0.501. The third-order valence-electron chi connectivity index (χ3n) is 3.94. The van der Waals surface area contributed by atoms with Gasteiger partial charge in [-0.3, -0.25) is 0 Å². The molecule has 0 bridgehead atoms. The summed E-state index contributed by atoms with van der Waals surface area (Å²) in [4.78, 5) is 0. The minimum atomic E-state index is -4.62. The molecule has 0 radical (unpaired) electrons. The summed E-state index contributed by atoms with van der Waals surface area (Å²) >= 11 is 0. The molecule has 1 saturated carbocycles. The molecule has 0 spiro atoms. The molecule has 1 nitrogen and oxygen atoms in total. The monoisotopic (exact) mass is 289 g/mol. The molecule has 2 rings (SSSR count). The molecule has 0 aliphatic heterocycles. The van der Waals surface area contributed by atoms with Gasteiger partial charge in [-0.15, -0.1) is 0 Å². The predicted octanol–water partition coefficient (Wildman–Crippen LogP) is 4.48. The molecule has 1 aliphatic carbocycles. The van der Waals surface area contributed by atoms with Gasteiger partial charge in [0.2, 0.25) is 0 Å². The molecular formula is C15H19F4N. The first-order chi connectivity index (χ1) is 9.41. The van der Waals surface area contributed by atoms with E-state index in [-0.39, 0.29) is 5.92 Å². The van der Waals surface area contributed by atoms with Crippen molar-refractivity contribution in [1.29, 1.82) is 0 Å². The van der Waals surface area contributed by atoms with Gasteiger partial charge < -0.3 is 5.32 Å². The summed E-state index contributed by atoms with van der Waals surface area (Å²) in [5.74, 6) is -1.02. The molecule has 1 N–H and O–H groups in total. The van der Waals surface area contributed by atoms with Gasteiger partial charge in [0, 0.05) is 6.04 Å². The van der Waals surface area contributed by atoms with E-state index in [1.54, 1.807) is 0 Å². The minimum absolute atomic E-state index is 0.143. The van der Waals surface area contributed by atoms with Crippen LogP contribution in [-0.4, -0.2) is 12.6 Å². The van der Waals surface area contributed by atoms with E-state index in [0.29, 0.717) is 11.6 Å². The molecule has 2 unspecified atom stereocenters. The van der Waals surface area contributed by atoms with Crippen molar-refractivity contribution >= 4 is 0 Å². The van der Waals surface area contributed by atoms with Crippen LogP contribution in [0.15, 0.2) is 18.2 Å². The van der Waals surface area contributed by atoms with E-state index in [4.69, 9.17) is 0 Å². The summed E-state index contributed by atoms with van der Waals surface area (Å²) in [6, 6.07) is 3.72. The van der Waals surface area contributed by atoms with E-state index in [0.717, 1.165) is 44.4 Å². The van der Waals surface area contributed by atoms with Crippen LogP contribution in [0.1, 0.15) is 49.7 Å². The Bertz CT molecular complexity index is 454. The molecule has 0 amide bonds. The highest BCUT2D eigenvalue weighted by atomic mass is 19.4. The smallest absolute Gasteiger partial charge is 0.314 e. The van der Waals surface area contributed by atoms with Crippen molar-refractivity contribution in [1.82, 2.24) is 5.32 Å². The van der Waals surface area contributed by atoms with Gasteiger partial charge in [0.05, 0.1) is 5.56 Å². The van der Waals surface area contributed by atoms with Gasteiger partial charge >= 0.3 is 6.18 Å². The molecule has 5 heteroatoms. The SMILES string of the molecule is CCNC1CCCC(c2ccc(C(F)(F)F)c(F)c2)C1. The number of rotatable bonds is 3. The molecule has 112 valence electrons. The van der Waals surface area contributed by atoms with Crippen molar-refractivity contribution in [2.24, 2.45) is 0 Å². The Morgan fingerprint density at radius 2 is 2.00 bits per heavy atom. The van der Waals surface area contributed by atoms with Gasteiger partial charge in [-0.1, -0.05) is 19.4 Å². The van der Waals surface area contributed by atoms with Gasteiger partial charge in [0.1, 0.15) is 5.82 Å². The van der Waals surface area contributed by atoms with Gasteiger partial charge in [0.25, 0.3) is 0 Å². The highest BCUT2D eigenvalue weighted by Crippen LogP contribution is 2.36. The van der Waals surface area contributed by atoms with E-state index in [2.05, 4.69) is 5.32 Å². The van der Waals surface area contributed by atoms with Crippen LogP contribution in [0, 0.1) is 5.82 Å². The topological polar surface area (TPSA) is 12.0 Å². The third-order valence-corrected chi connectivity index (χ3v) is 3.94. The second-order valence-electron chi connectivity index (χ2n) is 5.36. The molecule has 0 heterocycles. The molecule has 1 aromatic rings. The molecule has 1 fully saturated rings. The number of nitrogens with one attached hydrogen (secondary N) is 1. The van der Waals surface area contributed by atoms with Crippen LogP contribution in [0.4, 0.5) is 17.6 Å². The van der Waals surface area contributed by atoms with Crippen molar-refractivity contribution in [3.05, 3.63) is 35.1 Å². The zero-order valence-electron chi connectivity index (χ0n) is 11.4. The Labute approximate surface area is 116 Å². The van der Waals surface area contributed by atoms with Gasteiger partial charge in [-0.25, -0.2) is 4.39 Å². The van der Waals surface area contributed by atoms with Gasteiger partial charge in [-0.05, 0) is 49.4 Å².